The molecule has 0 saturated carbocycles. The van der Waals surface area contributed by atoms with Crippen molar-refractivity contribution in [3.63, 3.8) is 0 Å². The van der Waals surface area contributed by atoms with Gasteiger partial charge in [-0.1, -0.05) is 29.8 Å². The molecule has 0 saturated heterocycles. The molecule has 180 valence electrons. The normalized spacial score (nSPS) is 10.8. The molecule has 5 rings (SSSR count). The number of methoxy groups -OCH3 is 1. The van der Waals surface area contributed by atoms with E-state index in [1.165, 1.54) is 0 Å². The monoisotopic (exact) mass is 499 g/mol. The van der Waals surface area contributed by atoms with Crippen LogP contribution in [0.15, 0.2) is 83.8 Å². The minimum absolute atomic E-state index is 0.281. The van der Waals surface area contributed by atoms with Gasteiger partial charge < -0.3 is 25.3 Å². The third-order valence-corrected chi connectivity index (χ3v) is 5.92. The smallest absolute Gasteiger partial charge is 0.261 e. The number of amides is 1. The number of ether oxygens (including phenoxy) is 1. The van der Waals surface area contributed by atoms with Crippen LogP contribution in [0.5, 0.6) is 5.75 Å². The number of hydrogen-bond acceptors (Lipinski definition) is 5. The highest BCUT2D eigenvalue weighted by atomic mass is 35.5. The summed E-state index contributed by atoms with van der Waals surface area (Å²) in [5.41, 5.74) is 3.88. The van der Waals surface area contributed by atoms with Crippen molar-refractivity contribution in [2.24, 2.45) is 0 Å². The van der Waals surface area contributed by atoms with Gasteiger partial charge in [-0.05, 0) is 60.2 Å². The molecule has 0 unspecified atom stereocenters. The maximum absolute atomic E-state index is 12.8. The number of fused-ring (bicyclic) bond motifs is 1. The van der Waals surface area contributed by atoms with Gasteiger partial charge in [0.1, 0.15) is 22.7 Å². The minimum Gasteiger partial charge on any atom is -0.497 e. The first-order chi connectivity index (χ1) is 17.5. The van der Waals surface area contributed by atoms with Gasteiger partial charge >= 0.3 is 0 Å². The van der Waals surface area contributed by atoms with Crippen LogP contribution in [0.25, 0.3) is 22.4 Å². The van der Waals surface area contributed by atoms with E-state index < -0.39 is 0 Å². The van der Waals surface area contributed by atoms with Crippen LogP contribution in [0, 0.1) is 0 Å². The fourth-order valence-corrected chi connectivity index (χ4v) is 4.11. The van der Waals surface area contributed by atoms with E-state index in [2.05, 4.69) is 25.6 Å². The van der Waals surface area contributed by atoms with Gasteiger partial charge in [0.25, 0.3) is 11.5 Å². The average molecular weight is 500 g/mol. The number of imidazole rings is 1. The zero-order valence-corrected chi connectivity index (χ0v) is 20.0. The average Bonchev–Trinajstić information content (AvgIpc) is 3.32. The first-order valence-corrected chi connectivity index (χ1v) is 11.5. The second kappa shape index (κ2) is 9.97. The highest BCUT2D eigenvalue weighted by molar-refractivity contribution is 6.30. The molecule has 1 amide bonds. The number of rotatable bonds is 7. The van der Waals surface area contributed by atoms with Gasteiger partial charge in [0.05, 0.1) is 24.0 Å². The number of aromatic nitrogens is 3. The highest BCUT2D eigenvalue weighted by Gasteiger charge is 2.17. The molecule has 0 aliphatic heterocycles. The van der Waals surface area contributed by atoms with Crippen molar-refractivity contribution >= 4 is 39.9 Å². The molecule has 0 bridgehead atoms. The summed E-state index contributed by atoms with van der Waals surface area (Å²) in [6.45, 7) is 0.473. The molecule has 8 nitrogen and oxygen atoms in total. The predicted octanol–water partition coefficient (Wildman–Crippen LogP) is 5.44. The molecule has 2 heterocycles. The van der Waals surface area contributed by atoms with Crippen molar-refractivity contribution in [1.82, 2.24) is 15.0 Å². The van der Waals surface area contributed by atoms with Crippen LogP contribution < -0.4 is 20.9 Å². The van der Waals surface area contributed by atoms with E-state index in [-0.39, 0.29) is 11.5 Å². The first-order valence-electron chi connectivity index (χ1n) is 11.2. The summed E-state index contributed by atoms with van der Waals surface area (Å²) in [5.74, 6) is 0.765. The van der Waals surface area contributed by atoms with Crippen molar-refractivity contribution in [1.29, 1.82) is 0 Å². The summed E-state index contributed by atoms with van der Waals surface area (Å²) in [5, 5.41) is 6.85. The maximum Gasteiger partial charge on any atom is 0.261 e. The third-order valence-electron chi connectivity index (χ3n) is 5.68. The number of para-hydroxylation sites is 1. The van der Waals surface area contributed by atoms with Crippen molar-refractivity contribution in [2.75, 3.05) is 17.7 Å². The lowest BCUT2D eigenvalue weighted by atomic mass is 10.2. The van der Waals surface area contributed by atoms with Gasteiger partial charge in [-0.15, -0.1) is 0 Å². The van der Waals surface area contributed by atoms with Crippen molar-refractivity contribution in [3.05, 3.63) is 105 Å². The zero-order valence-electron chi connectivity index (χ0n) is 19.3. The van der Waals surface area contributed by atoms with E-state index in [4.69, 9.17) is 16.3 Å². The van der Waals surface area contributed by atoms with Crippen molar-refractivity contribution in [3.8, 4) is 17.1 Å². The summed E-state index contributed by atoms with van der Waals surface area (Å²) in [4.78, 5) is 36.2. The number of pyridine rings is 1. The van der Waals surface area contributed by atoms with E-state index in [0.717, 1.165) is 5.56 Å². The number of nitrogens with one attached hydrogen (secondary N) is 4. The Morgan fingerprint density at radius 3 is 2.61 bits per heavy atom. The molecule has 0 fully saturated rings. The van der Waals surface area contributed by atoms with Gasteiger partial charge in [0.2, 0.25) is 0 Å². The Morgan fingerprint density at radius 1 is 1.03 bits per heavy atom. The van der Waals surface area contributed by atoms with E-state index in [0.29, 0.717) is 56.7 Å². The Kier molecular flexibility index (Phi) is 6.42. The first kappa shape index (κ1) is 23.2. The van der Waals surface area contributed by atoms with E-state index in [1.54, 1.807) is 49.7 Å². The lowest BCUT2D eigenvalue weighted by Gasteiger charge is -2.10. The zero-order chi connectivity index (χ0) is 25.1. The summed E-state index contributed by atoms with van der Waals surface area (Å²) < 4.78 is 5.15. The van der Waals surface area contributed by atoms with Crippen LogP contribution in [-0.2, 0) is 6.54 Å². The molecule has 0 aliphatic carbocycles. The van der Waals surface area contributed by atoms with Crippen LogP contribution in [-0.4, -0.2) is 28.0 Å². The second-order valence-electron chi connectivity index (χ2n) is 8.05. The van der Waals surface area contributed by atoms with Gasteiger partial charge in [-0.2, -0.15) is 0 Å². The van der Waals surface area contributed by atoms with E-state index in [1.807, 2.05) is 36.4 Å². The topological polar surface area (TPSA) is 112 Å². The number of benzene rings is 3. The van der Waals surface area contributed by atoms with Crippen LogP contribution in [0.1, 0.15) is 15.9 Å². The molecule has 0 aliphatic rings. The molecule has 5 aromatic rings. The Morgan fingerprint density at radius 2 is 1.83 bits per heavy atom. The molecular weight excluding hydrogens is 478 g/mol. The van der Waals surface area contributed by atoms with Gasteiger partial charge in [-0.3, -0.25) is 9.59 Å². The number of H-pyrrole nitrogens is 2. The fourth-order valence-electron chi connectivity index (χ4n) is 3.89. The van der Waals surface area contributed by atoms with Crippen LogP contribution in [0.3, 0.4) is 0 Å². The molecule has 3 aromatic carbocycles. The number of carbonyl (C=O) groups is 1. The molecule has 0 spiro atoms. The maximum atomic E-state index is 12.8. The molecule has 4 N–H and O–H groups in total. The Bertz CT molecular complexity index is 1610. The number of carbonyl (C=O) groups excluding carboxylic acids is 1. The summed E-state index contributed by atoms with van der Waals surface area (Å²) in [6.07, 6.45) is 1.58. The van der Waals surface area contributed by atoms with Gasteiger partial charge in [0, 0.05) is 23.3 Å². The number of anilines is 2. The molecule has 9 heteroatoms. The molecule has 2 aromatic heterocycles. The summed E-state index contributed by atoms with van der Waals surface area (Å²) >= 11 is 6.09. The lowest BCUT2D eigenvalue weighted by Crippen LogP contribution is -2.13. The van der Waals surface area contributed by atoms with Gasteiger partial charge in [0.15, 0.2) is 0 Å². The SMILES string of the molecule is COc1ccc(C(=O)Nc2cccc3[nH]c(-c4c(NCc5cccc(Cl)c5)cc[nH]c4=O)nc23)cc1. The third kappa shape index (κ3) is 4.80. The highest BCUT2D eigenvalue weighted by Crippen LogP contribution is 2.28. The Hall–Kier alpha value is -4.56. The summed E-state index contributed by atoms with van der Waals surface area (Å²) in [6, 6.07) is 21.5. The van der Waals surface area contributed by atoms with Crippen LogP contribution in [0.2, 0.25) is 5.02 Å². The molecule has 0 atom stereocenters. The fraction of sp³-hybridized carbons (Fsp3) is 0.0741. The number of hydrogen-bond donors (Lipinski definition) is 4. The largest absolute Gasteiger partial charge is 0.497 e. The predicted molar refractivity (Wildman–Crippen MR) is 142 cm³/mol. The van der Waals surface area contributed by atoms with Crippen molar-refractivity contribution in [2.45, 2.75) is 6.54 Å². The number of nitrogens with zero attached hydrogens (tertiary/aromatic N) is 1. The molecule has 0 radical (unpaired) electrons. The minimum atomic E-state index is -0.297. The number of aromatic amines is 2. The van der Waals surface area contributed by atoms with Crippen LogP contribution >= 0.6 is 11.6 Å². The van der Waals surface area contributed by atoms with E-state index in [9.17, 15) is 9.59 Å². The Labute approximate surface area is 211 Å². The second-order valence-corrected chi connectivity index (χ2v) is 8.49. The van der Waals surface area contributed by atoms with Crippen molar-refractivity contribution < 1.29 is 9.53 Å². The van der Waals surface area contributed by atoms with E-state index >= 15 is 0 Å². The summed E-state index contributed by atoms with van der Waals surface area (Å²) in [7, 11) is 1.57. The molecular formula is C27H22ClN5O3. The van der Waals surface area contributed by atoms with Crippen LogP contribution in [0.4, 0.5) is 11.4 Å². The quantitative estimate of drug-likeness (QED) is 0.238. The Balaban J connectivity index is 1.45. The standard InChI is InChI=1S/C27H22ClN5O3/c1-36-19-10-8-17(9-11-19)26(34)32-22-7-3-6-21-24(22)33-25(31-21)23-20(12-13-29-27(23)35)30-15-16-4-2-5-18(28)14-16/h2-14H,15H2,1H3,(H,31,33)(H,32,34)(H2,29,30,35). The molecule has 36 heavy (non-hydrogen) atoms. The number of halogens is 1. The lowest BCUT2D eigenvalue weighted by molar-refractivity contribution is 0.102. The van der Waals surface area contributed by atoms with Gasteiger partial charge in [-0.25, -0.2) is 4.98 Å².